The quantitative estimate of drug-likeness (QED) is 0.216. The molecular weight excluding hydrogens is 568 g/mol. The Kier molecular flexibility index (Phi) is 9.75. The van der Waals surface area contributed by atoms with Crippen LogP contribution in [0.3, 0.4) is 0 Å². The van der Waals surface area contributed by atoms with Gasteiger partial charge in [-0.05, 0) is 34.9 Å². The number of allylic oxidation sites excluding steroid dienone is 1. The number of halogens is 10. The minimum atomic E-state index is -4.80. The fraction of sp³-hybridized carbons (Fsp3) is 0.238. The van der Waals surface area contributed by atoms with Crippen LogP contribution >= 0.6 is 46.4 Å². The van der Waals surface area contributed by atoms with Crippen LogP contribution in [0.15, 0.2) is 42.5 Å². The molecule has 2 aromatic rings. The Morgan fingerprint density at radius 2 is 1.43 bits per heavy atom. The lowest BCUT2D eigenvalue weighted by atomic mass is 9.91. The first-order chi connectivity index (χ1) is 16.1. The molecule has 0 radical (unpaired) electrons. The Balaban J connectivity index is 2.61. The molecule has 2 N–H and O–H groups in total. The van der Waals surface area contributed by atoms with E-state index < -0.39 is 43.2 Å². The molecule has 4 nitrogen and oxygen atoms in total. The van der Waals surface area contributed by atoms with Gasteiger partial charge in [-0.25, -0.2) is 0 Å². The van der Waals surface area contributed by atoms with Gasteiger partial charge in [0.05, 0.1) is 27.5 Å². The van der Waals surface area contributed by atoms with E-state index in [1.54, 1.807) is 0 Å². The van der Waals surface area contributed by atoms with E-state index in [4.69, 9.17) is 46.4 Å². The van der Waals surface area contributed by atoms with Crippen LogP contribution in [-0.2, 0) is 9.59 Å². The Labute approximate surface area is 215 Å². The average Bonchev–Trinajstić information content (AvgIpc) is 2.74. The van der Waals surface area contributed by atoms with Gasteiger partial charge in [-0.15, -0.1) is 0 Å². The number of rotatable bonds is 6. The molecule has 2 rings (SSSR count). The average molecular weight is 582 g/mol. The lowest BCUT2D eigenvalue weighted by Crippen LogP contribution is -2.44. The van der Waals surface area contributed by atoms with Gasteiger partial charge in [-0.3, -0.25) is 9.59 Å². The minimum Gasteiger partial charge on any atom is -0.339 e. The molecule has 0 aliphatic rings. The van der Waals surface area contributed by atoms with Crippen molar-refractivity contribution >= 4 is 63.8 Å². The van der Waals surface area contributed by atoms with Gasteiger partial charge in [-0.1, -0.05) is 70.7 Å². The highest BCUT2D eigenvalue weighted by molar-refractivity contribution is 6.48. The predicted octanol–water partition coefficient (Wildman–Crippen LogP) is 7.17. The molecule has 190 valence electrons. The van der Waals surface area contributed by atoms with Gasteiger partial charge < -0.3 is 10.6 Å². The van der Waals surface area contributed by atoms with Crippen LogP contribution in [0.5, 0.6) is 0 Å². The number of hydrogen-bond donors (Lipinski definition) is 2. The zero-order valence-electron chi connectivity index (χ0n) is 17.1. The van der Waals surface area contributed by atoms with Crippen LogP contribution in [0.1, 0.15) is 23.6 Å². The lowest BCUT2D eigenvalue weighted by Gasteiger charge is -2.25. The molecule has 1 unspecified atom stereocenters. The second-order valence-corrected chi connectivity index (χ2v) is 8.56. The van der Waals surface area contributed by atoms with Crippen molar-refractivity contribution in [1.82, 2.24) is 10.6 Å². The van der Waals surface area contributed by atoms with Gasteiger partial charge in [0.1, 0.15) is 6.54 Å². The summed E-state index contributed by atoms with van der Waals surface area (Å²) in [5.41, 5.74) is -0.218. The van der Waals surface area contributed by atoms with Gasteiger partial charge in [0.15, 0.2) is 0 Å². The van der Waals surface area contributed by atoms with Crippen LogP contribution in [0.4, 0.5) is 26.3 Å². The normalized spacial score (nSPS) is 13.4. The first-order valence-electron chi connectivity index (χ1n) is 9.40. The molecule has 1 atom stereocenters. The summed E-state index contributed by atoms with van der Waals surface area (Å²) in [5.74, 6) is -3.22. The molecule has 0 spiro atoms. The fourth-order valence-electron chi connectivity index (χ4n) is 2.84. The maximum absolute atomic E-state index is 13.1. The lowest BCUT2D eigenvalue weighted by molar-refractivity contribution is -0.146. The largest absolute Gasteiger partial charge is 0.405 e. The van der Waals surface area contributed by atoms with E-state index in [1.807, 2.05) is 0 Å². The number of hydrogen-bond acceptors (Lipinski definition) is 2. The van der Waals surface area contributed by atoms with E-state index in [1.165, 1.54) is 41.7 Å². The molecule has 0 bridgehead atoms. The summed E-state index contributed by atoms with van der Waals surface area (Å²) in [5, 5.41) is 3.17. The molecule has 0 fully saturated rings. The van der Waals surface area contributed by atoms with E-state index in [0.717, 1.165) is 0 Å². The Hall–Kier alpha value is -2.14. The third-order valence-corrected chi connectivity index (χ3v) is 5.87. The van der Waals surface area contributed by atoms with Crippen LogP contribution in [0.2, 0.25) is 20.1 Å². The first-order valence-corrected chi connectivity index (χ1v) is 10.9. The molecule has 0 aliphatic heterocycles. The smallest absolute Gasteiger partial charge is 0.339 e. The van der Waals surface area contributed by atoms with Crippen molar-refractivity contribution < 1.29 is 35.9 Å². The summed E-state index contributed by atoms with van der Waals surface area (Å²) in [4.78, 5) is 24.4. The highest BCUT2D eigenvalue weighted by Gasteiger charge is 2.32. The van der Waals surface area contributed by atoms with Gasteiger partial charge in [0.25, 0.3) is 0 Å². The Morgan fingerprint density at radius 1 is 0.857 bits per heavy atom. The van der Waals surface area contributed by atoms with Gasteiger partial charge in [0.2, 0.25) is 0 Å². The molecule has 2 amide bonds. The minimum absolute atomic E-state index is 0.0161. The number of nitrogens with one attached hydrogen (secondary N) is 2. The molecular formula is C21H14Cl4F6N2O2. The van der Waals surface area contributed by atoms with Crippen molar-refractivity contribution in [1.29, 1.82) is 0 Å². The van der Waals surface area contributed by atoms with Gasteiger partial charge >= 0.3 is 24.2 Å². The number of amides is 2. The summed E-state index contributed by atoms with van der Waals surface area (Å²) in [6.45, 7) is -1.80. The van der Waals surface area contributed by atoms with Crippen molar-refractivity contribution in [2.45, 2.75) is 24.8 Å². The molecule has 2 aromatic carbocycles. The first kappa shape index (κ1) is 29.1. The number of alkyl halides is 6. The summed E-state index contributed by atoms with van der Waals surface area (Å²) >= 11 is 24.2. The molecule has 0 saturated carbocycles. The van der Waals surface area contributed by atoms with Crippen molar-refractivity contribution in [2.24, 2.45) is 0 Å². The Morgan fingerprint density at radius 3 is 1.94 bits per heavy atom. The van der Waals surface area contributed by atoms with E-state index in [0.29, 0.717) is 6.08 Å². The third kappa shape index (κ3) is 8.79. The van der Waals surface area contributed by atoms with Crippen molar-refractivity contribution in [3.63, 3.8) is 0 Å². The molecule has 0 aromatic heterocycles. The second kappa shape index (κ2) is 11.7. The van der Waals surface area contributed by atoms with Crippen molar-refractivity contribution in [3.8, 4) is 0 Å². The van der Waals surface area contributed by atoms with E-state index in [9.17, 15) is 35.9 Å². The second-order valence-electron chi connectivity index (χ2n) is 6.96. The summed E-state index contributed by atoms with van der Waals surface area (Å²) in [6, 6.07) is 6.49. The number of benzene rings is 2. The zero-order chi connectivity index (χ0) is 26.6. The standard InChI is InChI=1S/C21H14Cl4F6N2O2/c22-13-4-2-1-3-12(13)17(33-19(35)18(34)32-9-21(29,30)31)11(5-6-20(26,27)28)10-7-14(23)16(25)15(24)8-10/h1-5,7-8,17H,6,9H2,(H,32,34)(H,33,35)/b11-5+. The molecule has 14 heteroatoms. The van der Waals surface area contributed by atoms with Crippen molar-refractivity contribution in [2.75, 3.05) is 6.54 Å². The number of carbonyl (C=O) groups is 2. The van der Waals surface area contributed by atoms with Crippen LogP contribution in [0.25, 0.3) is 5.57 Å². The Bertz CT molecular complexity index is 1110. The topological polar surface area (TPSA) is 58.2 Å². The maximum Gasteiger partial charge on any atom is 0.405 e. The third-order valence-electron chi connectivity index (χ3n) is 4.33. The molecule has 0 heterocycles. The van der Waals surface area contributed by atoms with Crippen molar-refractivity contribution in [3.05, 3.63) is 73.7 Å². The summed E-state index contributed by atoms with van der Waals surface area (Å²) < 4.78 is 76.5. The fourth-order valence-corrected chi connectivity index (χ4v) is 3.68. The summed E-state index contributed by atoms with van der Waals surface area (Å²) in [7, 11) is 0. The molecule has 0 aliphatic carbocycles. The van der Waals surface area contributed by atoms with E-state index in [2.05, 4.69) is 5.32 Å². The molecule has 0 saturated heterocycles. The van der Waals surface area contributed by atoms with Crippen LogP contribution in [0, 0.1) is 0 Å². The predicted molar refractivity (Wildman–Crippen MR) is 122 cm³/mol. The maximum atomic E-state index is 13.1. The zero-order valence-corrected chi connectivity index (χ0v) is 20.2. The van der Waals surface area contributed by atoms with E-state index in [-0.39, 0.29) is 36.8 Å². The highest BCUT2D eigenvalue weighted by Crippen LogP contribution is 2.40. The SMILES string of the molecule is O=C(NCC(F)(F)F)C(=O)NC(/C(=C/CC(F)(F)F)c1cc(Cl)c(Cl)c(Cl)c1)c1ccccc1Cl. The van der Waals surface area contributed by atoms with E-state index >= 15 is 0 Å². The summed E-state index contributed by atoms with van der Waals surface area (Å²) in [6.07, 6.45) is -10.2. The molecule has 35 heavy (non-hydrogen) atoms. The van der Waals surface area contributed by atoms with Gasteiger partial charge in [-0.2, -0.15) is 26.3 Å². The highest BCUT2D eigenvalue weighted by atomic mass is 35.5. The van der Waals surface area contributed by atoms with Gasteiger partial charge in [0, 0.05) is 5.02 Å². The van der Waals surface area contributed by atoms with Crippen LogP contribution in [-0.4, -0.2) is 30.7 Å². The number of carbonyl (C=O) groups excluding carboxylic acids is 2. The van der Waals surface area contributed by atoms with Crippen LogP contribution < -0.4 is 10.6 Å². The monoisotopic (exact) mass is 580 g/mol.